The minimum atomic E-state index is -0.369. The topological polar surface area (TPSA) is 96.3 Å². The third kappa shape index (κ3) is 1.28. The maximum atomic E-state index is 5.90. The van der Waals surface area contributed by atoms with Crippen LogP contribution in [0.2, 0.25) is 0 Å². The first-order chi connectivity index (χ1) is 6.74. The van der Waals surface area contributed by atoms with Crippen molar-refractivity contribution in [3.63, 3.8) is 0 Å². The van der Waals surface area contributed by atoms with Crippen LogP contribution in [-0.2, 0) is 0 Å². The summed E-state index contributed by atoms with van der Waals surface area (Å²) in [5.41, 5.74) is 6.67. The van der Waals surface area contributed by atoms with E-state index in [0.29, 0.717) is 5.82 Å². The van der Waals surface area contributed by atoms with Gasteiger partial charge in [-0.2, -0.15) is 0 Å². The summed E-state index contributed by atoms with van der Waals surface area (Å²) >= 11 is 0. The average Bonchev–Trinajstić information content (AvgIpc) is 2.62. The van der Waals surface area contributed by atoms with E-state index in [2.05, 4.69) is 21.9 Å². The van der Waals surface area contributed by atoms with Crippen LogP contribution in [-0.4, -0.2) is 20.8 Å². The van der Waals surface area contributed by atoms with Crippen LogP contribution in [0.25, 0.3) is 0 Å². The largest absolute Gasteiger partial charge is 0.344 e. The van der Waals surface area contributed by atoms with Crippen LogP contribution in [0.4, 0.5) is 5.82 Å². The Morgan fingerprint density at radius 3 is 3.14 bits per heavy atom. The van der Waals surface area contributed by atoms with Crippen molar-refractivity contribution in [1.82, 2.24) is 15.0 Å². The number of nitrogens with zero attached hydrogens (tertiary/aromatic N) is 3. The van der Waals surface area contributed by atoms with Crippen molar-refractivity contribution in [1.29, 1.82) is 0 Å². The van der Waals surface area contributed by atoms with Crippen LogP contribution in [0.15, 0.2) is 11.3 Å². The van der Waals surface area contributed by atoms with E-state index in [1.54, 1.807) is 6.33 Å². The molecular weight excluding hydrogens is 180 g/mol. The monoisotopic (exact) mass is 194 g/mol. The lowest BCUT2D eigenvalue weighted by Crippen LogP contribution is -2.46. The molecular formula is C8H14N6. The molecule has 0 spiro atoms. The molecule has 2 heterocycles. The molecule has 0 aliphatic carbocycles. The highest BCUT2D eigenvalue weighted by Crippen LogP contribution is 2.27. The van der Waals surface area contributed by atoms with Crippen LogP contribution >= 0.6 is 0 Å². The summed E-state index contributed by atoms with van der Waals surface area (Å²) in [6.45, 7) is 2.07. The highest BCUT2D eigenvalue weighted by molar-refractivity contribution is 5.86. The van der Waals surface area contributed by atoms with E-state index in [0.717, 1.165) is 24.4 Å². The molecule has 1 unspecified atom stereocenters. The quantitative estimate of drug-likeness (QED) is 0.593. The van der Waals surface area contributed by atoms with Gasteiger partial charge in [0.05, 0.1) is 6.33 Å². The van der Waals surface area contributed by atoms with Gasteiger partial charge in [-0.1, -0.05) is 6.92 Å². The summed E-state index contributed by atoms with van der Waals surface area (Å²) in [4.78, 5) is 11.3. The van der Waals surface area contributed by atoms with E-state index < -0.39 is 0 Å². The van der Waals surface area contributed by atoms with Gasteiger partial charge in [-0.15, -0.1) is 0 Å². The second-order valence-corrected chi connectivity index (χ2v) is 3.27. The summed E-state index contributed by atoms with van der Waals surface area (Å²) < 4.78 is 0. The molecule has 1 aliphatic rings. The highest BCUT2D eigenvalue weighted by atomic mass is 15.5. The number of rotatable bonds is 2. The van der Waals surface area contributed by atoms with E-state index in [4.69, 9.17) is 11.6 Å². The number of aromatic nitrogens is 2. The first-order valence-corrected chi connectivity index (χ1v) is 4.64. The zero-order valence-electron chi connectivity index (χ0n) is 8.07. The minimum Gasteiger partial charge on any atom is -0.344 e. The molecule has 0 amide bonds. The van der Waals surface area contributed by atoms with Gasteiger partial charge in [-0.25, -0.2) is 15.8 Å². The Morgan fingerprint density at radius 1 is 1.64 bits per heavy atom. The Morgan fingerprint density at radius 2 is 2.43 bits per heavy atom. The smallest absolute Gasteiger partial charge is 0.178 e. The summed E-state index contributed by atoms with van der Waals surface area (Å²) in [5, 5.41) is 1.49. The molecule has 0 saturated carbocycles. The van der Waals surface area contributed by atoms with Crippen LogP contribution < -0.4 is 11.6 Å². The van der Waals surface area contributed by atoms with Crippen molar-refractivity contribution in [3.05, 3.63) is 12.0 Å². The van der Waals surface area contributed by atoms with Crippen LogP contribution in [0.1, 0.15) is 31.6 Å². The number of aliphatic imine (C=N–C) groups is 1. The zero-order valence-corrected chi connectivity index (χ0v) is 8.07. The Balaban J connectivity index is 2.37. The van der Waals surface area contributed by atoms with Gasteiger partial charge < -0.3 is 10.7 Å². The Hall–Kier alpha value is -1.40. The lowest BCUT2D eigenvalue weighted by molar-refractivity contribution is 0.317. The molecule has 0 fully saturated rings. The standard InChI is InChI=1S/C8H14N6/c1-2-3-5-13-8-6(11-4-12-8)7(9)14(5)10/h4,7H,2-3,9-10H2,1H3,(H,11,12). The maximum Gasteiger partial charge on any atom is 0.178 e. The van der Waals surface area contributed by atoms with Crippen molar-refractivity contribution >= 4 is 11.7 Å². The highest BCUT2D eigenvalue weighted by Gasteiger charge is 2.26. The number of imidazole rings is 1. The van der Waals surface area contributed by atoms with Crippen LogP contribution in [0.5, 0.6) is 0 Å². The number of nitrogens with one attached hydrogen (secondary N) is 1. The second kappa shape index (κ2) is 3.39. The lowest BCUT2D eigenvalue weighted by Gasteiger charge is -2.29. The van der Waals surface area contributed by atoms with Crippen LogP contribution in [0, 0.1) is 0 Å². The molecule has 6 heteroatoms. The molecule has 6 nitrogen and oxygen atoms in total. The van der Waals surface area contributed by atoms with Gasteiger partial charge in [0.25, 0.3) is 0 Å². The van der Waals surface area contributed by atoms with E-state index >= 15 is 0 Å². The molecule has 14 heavy (non-hydrogen) atoms. The fourth-order valence-electron chi connectivity index (χ4n) is 1.49. The molecule has 0 bridgehead atoms. The first-order valence-electron chi connectivity index (χ1n) is 4.64. The number of aromatic amines is 1. The molecule has 1 aromatic rings. The Labute approximate surface area is 82.0 Å². The Kier molecular flexibility index (Phi) is 2.22. The molecule has 1 aromatic heterocycles. The van der Waals surface area contributed by atoms with E-state index in [-0.39, 0.29) is 6.17 Å². The molecule has 1 atom stereocenters. The Bertz CT molecular complexity index is 354. The predicted octanol–water partition coefficient (Wildman–Crippen LogP) is 0.386. The molecule has 1 aliphatic heterocycles. The summed E-state index contributed by atoms with van der Waals surface area (Å²) in [7, 11) is 0. The maximum absolute atomic E-state index is 5.90. The van der Waals surface area contributed by atoms with Gasteiger partial charge in [0.2, 0.25) is 0 Å². The molecule has 2 rings (SSSR count). The molecule has 0 saturated heterocycles. The van der Waals surface area contributed by atoms with Crippen molar-refractivity contribution in [3.8, 4) is 0 Å². The van der Waals surface area contributed by atoms with E-state index in [1.165, 1.54) is 5.01 Å². The number of hydrogen-bond acceptors (Lipinski definition) is 5. The van der Waals surface area contributed by atoms with Gasteiger partial charge in [-0.05, 0) is 6.42 Å². The fourth-order valence-corrected chi connectivity index (χ4v) is 1.49. The SMILES string of the molecule is CCCC1=Nc2nc[nH]c2C(N)N1N. The number of amidine groups is 1. The van der Waals surface area contributed by atoms with Crippen molar-refractivity contribution in [2.75, 3.05) is 0 Å². The molecule has 0 aromatic carbocycles. The minimum absolute atomic E-state index is 0.369. The number of H-pyrrole nitrogens is 1. The molecule has 76 valence electrons. The van der Waals surface area contributed by atoms with Gasteiger partial charge in [0.15, 0.2) is 5.82 Å². The van der Waals surface area contributed by atoms with Crippen molar-refractivity contribution < 1.29 is 0 Å². The zero-order chi connectivity index (χ0) is 10.1. The lowest BCUT2D eigenvalue weighted by atomic mass is 10.2. The predicted molar refractivity (Wildman–Crippen MR) is 53.5 cm³/mol. The van der Waals surface area contributed by atoms with E-state index in [9.17, 15) is 0 Å². The van der Waals surface area contributed by atoms with Crippen molar-refractivity contribution in [2.24, 2.45) is 16.6 Å². The fraction of sp³-hybridized carbons (Fsp3) is 0.500. The number of hydrazine groups is 1. The van der Waals surface area contributed by atoms with Gasteiger partial charge in [0.1, 0.15) is 17.7 Å². The number of nitrogens with two attached hydrogens (primary N) is 2. The number of hydrogen-bond donors (Lipinski definition) is 3. The third-order valence-electron chi connectivity index (χ3n) is 2.25. The van der Waals surface area contributed by atoms with Crippen LogP contribution in [0.3, 0.4) is 0 Å². The van der Waals surface area contributed by atoms with Gasteiger partial charge in [0, 0.05) is 6.42 Å². The normalized spacial score (nSPS) is 20.6. The molecule has 0 radical (unpaired) electrons. The van der Waals surface area contributed by atoms with Gasteiger partial charge >= 0.3 is 0 Å². The van der Waals surface area contributed by atoms with E-state index in [1.807, 2.05) is 0 Å². The summed E-state index contributed by atoms with van der Waals surface area (Å²) in [5.74, 6) is 7.26. The summed E-state index contributed by atoms with van der Waals surface area (Å²) in [6, 6.07) is 0. The summed E-state index contributed by atoms with van der Waals surface area (Å²) in [6.07, 6.45) is 3.01. The van der Waals surface area contributed by atoms with Crippen molar-refractivity contribution in [2.45, 2.75) is 25.9 Å². The number of fused-ring (bicyclic) bond motifs is 1. The molecule has 5 N–H and O–H groups in total. The van der Waals surface area contributed by atoms with Gasteiger partial charge in [-0.3, -0.25) is 5.01 Å². The second-order valence-electron chi connectivity index (χ2n) is 3.27. The first kappa shape index (κ1) is 9.17. The third-order valence-corrected chi connectivity index (χ3v) is 2.25. The average molecular weight is 194 g/mol.